The van der Waals surface area contributed by atoms with Gasteiger partial charge in [0.05, 0.1) is 10.5 Å². The zero-order chi connectivity index (χ0) is 21.7. The number of sulfonamides is 1. The van der Waals surface area contributed by atoms with Crippen molar-refractivity contribution < 1.29 is 22.7 Å². The molecule has 158 valence electrons. The summed E-state index contributed by atoms with van der Waals surface area (Å²) in [6.07, 6.45) is -0.485. The highest BCUT2D eigenvalue weighted by molar-refractivity contribution is 7.89. The van der Waals surface area contributed by atoms with E-state index in [1.807, 2.05) is 6.07 Å². The molecule has 0 aliphatic carbocycles. The maximum Gasteiger partial charge on any atom is 0.407 e. The third-order valence-corrected chi connectivity index (χ3v) is 6.18. The third-order valence-electron chi connectivity index (χ3n) is 4.22. The summed E-state index contributed by atoms with van der Waals surface area (Å²) in [6.45, 7) is 6.18. The van der Waals surface area contributed by atoms with Crippen LogP contribution in [0.25, 0.3) is 0 Å². The fourth-order valence-electron chi connectivity index (χ4n) is 2.84. The molecule has 0 atom stereocenters. The number of hydrogen-bond acceptors (Lipinski definition) is 6. The van der Waals surface area contributed by atoms with Crippen molar-refractivity contribution in [1.29, 1.82) is 5.26 Å². The van der Waals surface area contributed by atoms with Crippen LogP contribution in [0.5, 0.6) is 0 Å². The van der Waals surface area contributed by atoms with Gasteiger partial charge < -0.3 is 15.0 Å². The Hall–Kier alpha value is -2.64. The van der Waals surface area contributed by atoms with Crippen LogP contribution in [0.2, 0.25) is 0 Å². The SMILES string of the molecule is CC(C)(C)OC(=O)NCCC(=O)N1CCN(S(=O)(=O)c2ccccc2C#N)CC1. The average molecular weight is 423 g/mol. The molecule has 2 rings (SSSR count). The van der Waals surface area contributed by atoms with Gasteiger partial charge in [0.25, 0.3) is 0 Å². The quantitative estimate of drug-likeness (QED) is 0.764. The minimum absolute atomic E-state index is 0.0242. The van der Waals surface area contributed by atoms with Crippen LogP contribution in [-0.4, -0.2) is 67.9 Å². The van der Waals surface area contributed by atoms with Gasteiger partial charge in [-0.15, -0.1) is 0 Å². The molecule has 10 heteroatoms. The summed E-state index contributed by atoms with van der Waals surface area (Å²) < 4.78 is 32.0. The summed E-state index contributed by atoms with van der Waals surface area (Å²) >= 11 is 0. The molecule has 1 fully saturated rings. The number of hydrogen-bond donors (Lipinski definition) is 1. The Bertz CT molecular complexity index is 894. The zero-order valence-electron chi connectivity index (χ0n) is 16.8. The number of carbonyl (C=O) groups excluding carboxylic acids is 2. The van der Waals surface area contributed by atoms with Gasteiger partial charge in [-0.3, -0.25) is 4.79 Å². The molecule has 1 N–H and O–H groups in total. The molecule has 0 unspecified atom stereocenters. The summed E-state index contributed by atoms with van der Waals surface area (Å²) in [5.74, 6) is -0.171. The third kappa shape index (κ3) is 6.17. The first kappa shape index (κ1) is 22.6. The largest absolute Gasteiger partial charge is 0.444 e. The second kappa shape index (κ2) is 9.24. The predicted octanol–water partition coefficient (Wildman–Crippen LogP) is 1.31. The number of carbonyl (C=O) groups is 2. The van der Waals surface area contributed by atoms with Crippen LogP contribution in [0.1, 0.15) is 32.8 Å². The fraction of sp³-hybridized carbons (Fsp3) is 0.526. The number of alkyl carbamates (subject to hydrolysis) is 1. The molecule has 1 heterocycles. The lowest BCUT2D eigenvalue weighted by atomic mass is 10.2. The van der Waals surface area contributed by atoms with Gasteiger partial charge in [-0.05, 0) is 32.9 Å². The van der Waals surface area contributed by atoms with Gasteiger partial charge in [0.1, 0.15) is 11.7 Å². The van der Waals surface area contributed by atoms with E-state index in [1.165, 1.54) is 16.4 Å². The number of nitrogens with zero attached hydrogens (tertiary/aromatic N) is 3. The van der Waals surface area contributed by atoms with Crippen molar-refractivity contribution >= 4 is 22.0 Å². The van der Waals surface area contributed by atoms with E-state index in [0.717, 1.165) is 0 Å². The Morgan fingerprint density at radius 1 is 1.17 bits per heavy atom. The first-order valence-electron chi connectivity index (χ1n) is 9.28. The lowest BCUT2D eigenvalue weighted by molar-refractivity contribution is -0.132. The predicted molar refractivity (Wildman–Crippen MR) is 105 cm³/mol. The molecule has 0 spiro atoms. The van der Waals surface area contributed by atoms with E-state index in [1.54, 1.807) is 37.8 Å². The molecule has 1 saturated heterocycles. The standard InChI is InChI=1S/C19H26N4O5S/c1-19(2,3)28-18(25)21-9-8-17(24)22-10-12-23(13-11-22)29(26,27)16-7-5-4-6-15(16)14-20/h4-7H,8-13H2,1-3H3,(H,21,25). The smallest absolute Gasteiger partial charge is 0.407 e. The van der Waals surface area contributed by atoms with Crippen LogP contribution in [0, 0.1) is 11.3 Å². The van der Waals surface area contributed by atoms with Crippen LogP contribution in [-0.2, 0) is 19.6 Å². The number of piperazine rings is 1. The highest BCUT2D eigenvalue weighted by Crippen LogP contribution is 2.21. The van der Waals surface area contributed by atoms with Gasteiger partial charge >= 0.3 is 6.09 Å². The highest BCUT2D eigenvalue weighted by Gasteiger charge is 2.31. The summed E-state index contributed by atoms with van der Waals surface area (Å²) in [4.78, 5) is 25.5. The van der Waals surface area contributed by atoms with Crippen LogP contribution in [0.4, 0.5) is 4.79 Å². The molecule has 9 nitrogen and oxygen atoms in total. The minimum Gasteiger partial charge on any atom is -0.444 e. The topological polar surface area (TPSA) is 120 Å². The fourth-order valence-corrected chi connectivity index (χ4v) is 4.41. The lowest BCUT2D eigenvalue weighted by Crippen LogP contribution is -2.51. The van der Waals surface area contributed by atoms with Crippen molar-refractivity contribution in [2.45, 2.75) is 37.7 Å². The van der Waals surface area contributed by atoms with E-state index in [-0.39, 0.29) is 55.5 Å². The number of nitrogens with one attached hydrogen (secondary N) is 1. The molecule has 1 aromatic rings. The van der Waals surface area contributed by atoms with E-state index in [2.05, 4.69) is 5.32 Å². The van der Waals surface area contributed by atoms with Gasteiger partial charge in [-0.1, -0.05) is 12.1 Å². The first-order valence-corrected chi connectivity index (χ1v) is 10.7. The number of ether oxygens (including phenoxy) is 1. The van der Waals surface area contributed by atoms with Crippen molar-refractivity contribution in [1.82, 2.24) is 14.5 Å². The lowest BCUT2D eigenvalue weighted by Gasteiger charge is -2.34. The van der Waals surface area contributed by atoms with Crippen LogP contribution in [0.3, 0.4) is 0 Å². The zero-order valence-corrected chi connectivity index (χ0v) is 17.7. The number of nitriles is 1. The molecule has 1 aliphatic heterocycles. The number of amides is 2. The van der Waals surface area contributed by atoms with Crippen LogP contribution >= 0.6 is 0 Å². The van der Waals surface area contributed by atoms with Crippen molar-refractivity contribution in [3.8, 4) is 6.07 Å². The Balaban J connectivity index is 1.86. The summed E-state index contributed by atoms with van der Waals surface area (Å²) in [5, 5.41) is 11.7. The molecule has 0 aromatic heterocycles. The summed E-state index contributed by atoms with van der Waals surface area (Å²) in [7, 11) is -3.80. The number of benzene rings is 1. The average Bonchev–Trinajstić information content (AvgIpc) is 2.66. The normalized spacial score (nSPS) is 15.4. The maximum absolute atomic E-state index is 12.8. The minimum atomic E-state index is -3.80. The second-order valence-electron chi connectivity index (χ2n) is 7.57. The molecular weight excluding hydrogens is 396 g/mol. The maximum atomic E-state index is 12.8. The van der Waals surface area contributed by atoms with E-state index < -0.39 is 21.7 Å². The van der Waals surface area contributed by atoms with Gasteiger partial charge in [0.2, 0.25) is 15.9 Å². The summed E-state index contributed by atoms with van der Waals surface area (Å²) in [6, 6.07) is 7.96. The first-order chi connectivity index (χ1) is 13.5. The second-order valence-corrected chi connectivity index (χ2v) is 9.48. The summed E-state index contributed by atoms with van der Waals surface area (Å²) in [5.41, 5.74) is -0.515. The molecule has 29 heavy (non-hydrogen) atoms. The van der Waals surface area contributed by atoms with E-state index in [0.29, 0.717) is 0 Å². The van der Waals surface area contributed by atoms with Crippen LogP contribution < -0.4 is 5.32 Å². The molecule has 0 bridgehead atoms. The Morgan fingerprint density at radius 2 is 1.79 bits per heavy atom. The van der Waals surface area contributed by atoms with Gasteiger partial charge in [0.15, 0.2) is 0 Å². The number of rotatable bonds is 5. The van der Waals surface area contributed by atoms with Gasteiger partial charge in [-0.2, -0.15) is 9.57 Å². The van der Waals surface area contributed by atoms with Crippen molar-refractivity contribution in [3.63, 3.8) is 0 Å². The molecule has 0 saturated carbocycles. The van der Waals surface area contributed by atoms with Gasteiger partial charge in [-0.25, -0.2) is 13.2 Å². The van der Waals surface area contributed by atoms with E-state index >= 15 is 0 Å². The molecule has 2 amide bonds. The molecular formula is C19H26N4O5S. The van der Waals surface area contributed by atoms with Gasteiger partial charge in [0, 0.05) is 39.1 Å². The molecule has 0 radical (unpaired) electrons. The molecule has 1 aromatic carbocycles. The Labute approximate surface area is 171 Å². The monoisotopic (exact) mass is 422 g/mol. The van der Waals surface area contributed by atoms with Crippen molar-refractivity contribution in [2.75, 3.05) is 32.7 Å². The van der Waals surface area contributed by atoms with Crippen LogP contribution in [0.15, 0.2) is 29.2 Å². The van der Waals surface area contributed by atoms with Crippen molar-refractivity contribution in [2.24, 2.45) is 0 Å². The van der Waals surface area contributed by atoms with E-state index in [4.69, 9.17) is 10.00 Å². The molecule has 1 aliphatic rings. The highest BCUT2D eigenvalue weighted by atomic mass is 32.2. The Morgan fingerprint density at radius 3 is 2.38 bits per heavy atom. The van der Waals surface area contributed by atoms with E-state index in [9.17, 15) is 18.0 Å². The van der Waals surface area contributed by atoms with Crippen molar-refractivity contribution in [3.05, 3.63) is 29.8 Å². The Kier molecular flexibility index (Phi) is 7.21.